The summed E-state index contributed by atoms with van der Waals surface area (Å²) in [5, 5.41) is 8.48. The van der Waals surface area contributed by atoms with Gasteiger partial charge in [0.2, 0.25) is 0 Å². The Morgan fingerprint density at radius 2 is 1.75 bits per heavy atom. The van der Waals surface area contributed by atoms with Crippen molar-refractivity contribution in [2.75, 3.05) is 45.2 Å². The van der Waals surface area contributed by atoms with Crippen LogP contribution in [0.5, 0.6) is 5.75 Å². The van der Waals surface area contributed by atoms with Crippen LogP contribution in [0.3, 0.4) is 0 Å². The van der Waals surface area contributed by atoms with Gasteiger partial charge in [-0.1, -0.05) is 6.07 Å². The molecule has 3 aromatic carbocycles. The molecule has 3 N–H and O–H groups in total. The van der Waals surface area contributed by atoms with Crippen molar-refractivity contribution in [2.24, 2.45) is 5.73 Å². The maximum Gasteiger partial charge on any atom is 0.252 e. The minimum Gasteiger partial charge on any atom is -0.495 e. The summed E-state index contributed by atoms with van der Waals surface area (Å²) in [6, 6.07) is 12.8. The quantitative estimate of drug-likeness (QED) is 0.426. The minimum absolute atomic E-state index is 0.271. The molecule has 5 rings (SSSR count). The van der Waals surface area contributed by atoms with Gasteiger partial charge in [-0.3, -0.25) is 9.89 Å². The van der Waals surface area contributed by atoms with Crippen LogP contribution in [-0.2, 0) is 6.42 Å². The van der Waals surface area contributed by atoms with Crippen LogP contribution in [0.4, 0.5) is 14.5 Å². The predicted octanol–water partition coefficient (Wildman–Crippen LogP) is 3.96. The number of hydrogen-bond donors (Lipinski definition) is 2. The van der Waals surface area contributed by atoms with Crippen LogP contribution >= 0.6 is 0 Å². The molecule has 1 aromatic heterocycles. The monoisotopic (exact) mass is 491 g/mol. The van der Waals surface area contributed by atoms with Crippen LogP contribution in [0.15, 0.2) is 48.5 Å². The molecular formula is C27H27F2N5O2. The van der Waals surface area contributed by atoms with E-state index < -0.39 is 17.5 Å². The number of rotatable bonds is 6. The maximum atomic E-state index is 13.7. The second-order valence-electron chi connectivity index (χ2n) is 9.10. The summed E-state index contributed by atoms with van der Waals surface area (Å²) in [6.45, 7) is 3.41. The van der Waals surface area contributed by atoms with Crippen LogP contribution in [0, 0.1) is 11.6 Å². The third-order valence-electron chi connectivity index (χ3n) is 6.64. The van der Waals surface area contributed by atoms with Gasteiger partial charge in [0.25, 0.3) is 5.91 Å². The van der Waals surface area contributed by atoms with E-state index >= 15 is 0 Å². The molecule has 1 saturated heterocycles. The van der Waals surface area contributed by atoms with E-state index in [0.29, 0.717) is 29.0 Å². The Hall–Kier alpha value is -3.98. The lowest BCUT2D eigenvalue weighted by Gasteiger charge is -2.35. The Morgan fingerprint density at radius 3 is 2.42 bits per heavy atom. The van der Waals surface area contributed by atoms with Gasteiger partial charge in [-0.2, -0.15) is 5.10 Å². The molecule has 0 atom stereocenters. The fraction of sp³-hybridized carbons (Fsp3) is 0.259. The van der Waals surface area contributed by atoms with E-state index in [4.69, 9.17) is 10.5 Å². The normalized spacial score (nSPS) is 14.4. The molecule has 0 saturated carbocycles. The van der Waals surface area contributed by atoms with Gasteiger partial charge in [-0.05, 0) is 61.0 Å². The lowest BCUT2D eigenvalue weighted by atomic mass is 9.97. The van der Waals surface area contributed by atoms with Gasteiger partial charge in [0, 0.05) is 37.6 Å². The molecule has 1 aliphatic rings. The number of H-pyrrole nitrogens is 1. The van der Waals surface area contributed by atoms with Crippen molar-refractivity contribution in [1.82, 2.24) is 15.1 Å². The number of nitrogens with one attached hydrogen (secondary N) is 1. The van der Waals surface area contributed by atoms with Crippen LogP contribution in [0.1, 0.15) is 21.5 Å². The molecule has 0 radical (unpaired) electrons. The number of likely N-dealkylation sites (N-methyl/N-ethyl adjacent to an activating group) is 1. The van der Waals surface area contributed by atoms with Crippen molar-refractivity contribution in [3.05, 3.63) is 76.9 Å². The Kier molecular flexibility index (Phi) is 6.32. The van der Waals surface area contributed by atoms with Crippen molar-refractivity contribution < 1.29 is 18.3 Å². The number of ether oxygens (including phenoxy) is 1. The molecule has 9 heteroatoms. The summed E-state index contributed by atoms with van der Waals surface area (Å²) in [7, 11) is 3.60. The molecule has 0 spiro atoms. The van der Waals surface area contributed by atoms with Crippen LogP contribution in [-0.4, -0.2) is 61.3 Å². The highest BCUT2D eigenvalue weighted by atomic mass is 19.1. The van der Waals surface area contributed by atoms with E-state index in [1.807, 2.05) is 24.3 Å². The summed E-state index contributed by atoms with van der Waals surface area (Å²) in [5.74, 6) is -1.45. The molecule has 7 nitrogen and oxygen atoms in total. The standard InChI is InChI=1S/C27H27F2N5O2/c1-33-7-9-34(10-8-33)23-6-4-20(27(30)35)26(36-2)24(23)25-21-14-16(3-5-22(21)31-32-25)11-17-12-18(28)15-19(29)13-17/h3-6,12-15H,7-11H2,1-2H3,(H2,30,35)(H,31,32). The zero-order valence-electron chi connectivity index (χ0n) is 20.1. The van der Waals surface area contributed by atoms with Gasteiger partial charge in [0.1, 0.15) is 23.1 Å². The van der Waals surface area contributed by atoms with E-state index in [-0.39, 0.29) is 5.56 Å². The minimum atomic E-state index is -0.611. The lowest BCUT2D eigenvalue weighted by Crippen LogP contribution is -2.44. The number of benzene rings is 3. The summed E-state index contributed by atoms with van der Waals surface area (Å²) in [5.41, 5.74) is 10.3. The van der Waals surface area contributed by atoms with Crippen molar-refractivity contribution in [3.8, 4) is 17.0 Å². The third-order valence-corrected chi connectivity index (χ3v) is 6.64. The molecule has 1 amide bonds. The number of primary amides is 1. The number of hydrogen-bond acceptors (Lipinski definition) is 5. The first-order valence-corrected chi connectivity index (χ1v) is 11.7. The van der Waals surface area contributed by atoms with Gasteiger partial charge in [0.15, 0.2) is 0 Å². The SMILES string of the molecule is COc1c(C(N)=O)ccc(N2CCN(C)CC2)c1-c1n[nH]c2ccc(Cc3cc(F)cc(F)c3)cc12. The summed E-state index contributed by atoms with van der Waals surface area (Å²) in [4.78, 5) is 16.8. The summed E-state index contributed by atoms with van der Waals surface area (Å²) < 4.78 is 33.2. The Morgan fingerprint density at radius 1 is 1.03 bits per heavy atom. The average molecular weight is 492 g/mol. The lowest BCUT2D eigenvalue weighted by molar-refractivity contribution is 0.0997. The number of nitrogens with zero attached hydrogens (tertiary/aromatic N) is 3. The van der Waals surface area contributed by atoms with E-state index in [1.165, 1.54) is 19.2 Å². The summed E-state index contributed by atoms with van der Waals surface area (Å²) in [6.07, 6.45) is 0.346. The van der Waals surface area contributed by atoms with E-state index in [0.717, 1.165) is 54.4 Å². The highest BCUT2D eigenvalue weighted by molar-refractivity contribution is 6.04. The number of fused-ring (bicyclic) bond motifs is 1. The molecule has 0 unspecified atom stereocenters. The molecule has 186 valence electrons. The number of carbonyl (C=O) groups excluding carboxylic acids is 1. The van der Waals surface area contributed by atoms with Crippen molar-refractivity contribution in [1.29, 1.82) is 0 Å². The largest absolute Gasteiger partial charge is 0.495 e. The van der Waals surface area contributed by atoms with Crippen molar-refractivity contribution >= 4 is 22.5 Å². The predicted molar refractivity (Wildman–Crippen MR) is 135 cm³/mol. The zero-order valence-corrected chi connectivity index (χ0v) is 20.1. The van der Waals surface area contributed by atoms with Crippen LogP contribution in [0.25, 0.3) is 22.2 Å². The highest BCUT2D eigenvalue weighted by Gasteiger charge is 2.26. The Balaban J connectivity index is 1.65. The Bertz CT molecular complexity index is 1420. The number of aromatic nitrogens is 2. The van der Waals surface area contributed by atoms with Gasteiger partial charge < -0.3 is 20.3 Å². The number of piperazine rings is 1. The first kappa shape index (κ1) is 23.7. The molecule has 36 heavy (non-hydrogen) atoms. The molecule has 0 aliphatic carbocycles. The fourth-order valence-electron chi connectivity index (χ4n) is 4.83. The number of nitrogens with two attached hydrogens (primary N) is 1. The van der Waals surface area contributed by atoms with Crippen LogP contribution in [0.2, 0.25) is 0 Å². The molecule has 1 fully saturated rings. The second kappa shape index (κ2) is 9.58. The first-order valence-electron chi connectivity index (χ1n) is 11.7. The molecular weight excluding hydrogens is 464 g/mol. The van der Waals surface area contributed by atoms with Gasteiger partial charge in [0.05, 0.1) is 29.4 Å². The molecule has 0 bridgehead atoms. The Labute approximate surface area is 207 Å². The van der Waals surface area contributed by atoms with Crippen LogP contribution < -0.4 is 15.4 Å². The van der Waals surface area contributed by atoms with E-state index in [2.05, 4.69) is 27.0 Å². The maximum absolute atomic E-state index is 13.7. The van der Waals surface area contributed by atoms with E-state index in [1.54, 1.807) is 6.07 Å². The number of halogens is 2. The number of aromatic amines is 1. The number of amides is 1. The number of methoxy groups -OCH3 is 1. The molecule has 2 heterocycles. The van der Waals surface area contributed by atoms with E-state index in [9.17, 15) is 13.6 Å². The summed E-state index contributed by atoms with van der Waals surface area (Å²) >= 11 is 0. The number of carbonyl (C=O) groups is 1. The fourth-order valence-corrected chi connectivity index (χ4v) is 4.83. The van der Waals surface area contributed by atoms with Crippen molar-refractivity contribution in [2.45, 2.75) is 6.42 Å². The molecule has 1 aliphatic heterocycles. The smallest absolute Gasteiger partial charge is 0.252 e. The highest BCUT2D eigenvalue weighted by Crippen LogP contribution is 2.43. The number of anilines is 1. The van der Waals surface area contributed by atoms with Gasteiger partial charge in [-0.25, -0.2) is 8.78 Å². The van der Waals surface area contributed by atoms with Gasteiger partial charge in [-0.15, -0.1) is 0 Å². The topological polar surface area (TPSA) is 87.5 Å². The second-order valence-corrected chi connectivity index (χ2v) is 9.10. The molecule has 4 aromatic rings. The van der Waals surface area contributed by atoms with Crippen molar-refractivity contribution in [3.63, 3.8) is 0 Å². The third kappa shape index (κ3) is 4.49. The zero-order chi connectivity index (χ0) is 25.4. The first-order chi connectivity index (χ1) is 17.3. The van der Waals surface area contributed by atoms with Gasteiger partial charge >= 0.3 is 0 Å². The average Bonchev–Trinajstić information content (AvgIpc) is 3.25.